The minimum Gasteiger partial charge on any atom is -0.343 e. The summed E-state index contributed by atoms with van der Waals surface area (Å²) in [5, 5.41) is 7.99. The molecule has 3 rings (SSSR count). The molecule has 2 aromatic rings. The number of amides is 1. The minimum absolute atomic E-state index is 0.00704. The summed E-state index contributed by atoms with van der Waals surface area (Å²) in [6.07, 6.45) is 2.94. The van der Waals surface area contributed by atoms with E-state index < -0.39 is 0 Å². The predicted octanol–water partition coefficient (Wildman–Crippen LogP) is 3.00. The van der Waals surface area contributed by atoms with Crippen molar-refractivity contribution in [2.45, 2.75) is 59.2 Å². The van der Waals surface area contributed by atoms with E-state index in [1.54, 1.807) is 30.3 Å². The van der Waals surface area contributed by atoms with Crippen LogP contribution in [0.15, 0.2) is 5.38 Å². The van der Waals surface area contributed by atoms with E-state index in [1.807, 2.05) is 6.92 Å². The first-order valence-corrected chi connectivity index (χ1v) is 10.6. The molecule has 1 atom stereocenters. The van der Waals surface area contributed by atoms with Crippen molar-refractivity contribution in [1.29, 1.82) is 0 Å². The maximum absolute atomic E-state index is 12.7. The zero-order valence-corrected chi connectivity index (χ0v) is 18.1. The SMILES string of the molecule is Cc1csc(CN(C)C2CCc3c(c(C(=O)N(C)C)nn3CC(C)C)C2)n1. The van der Waals surface area contributed by atoms with E-state index in [4.69, 9.17) is 5.10 Å². The van der Waals surface area contributed by atoms with Crippen LogP contribution in [0.2, 0.25) is 0 Å². The van der Waals surface area contributed by atoms with E-state index in [-0.39, 0.29) is 5.91 Å². The van der Waals surface area contributed by atoms with Gasteiger partial charge in [0.25, 0.3) is 5.91 Å². The van der Waals surface area contributed by atoms with Crippen molar-refractivity contribution < 1.29 is 4.79 Å². The van der Waals surface area contributed by atoms with Crippen LogP contribution < -0.4 is 0 Å². The minimum atomic E-state index is 0.00704. The van der Waals surface area contributed by atoms with Crippen molar-refractivity contribution in [3.63, 3.8) is 0 Å². The molecule has 1 unspecified atom stereocenters. The zero-order chi connectivity index (χ0) is 19.7. The number of likely N-dealkylation sites (N-methyl/N-ethyl adjacent to an activating group) is 1. The third kappa shape index (κ3) is 4.41. The second-order valence-corrected chi connectivity index (χ2v) is 9.19. The molecule has 0 fully saturated rings. The van der Waals surface area contributed by atoms with Crippen LogP contribution in [0.5, 0.6) is 0 Å². The highest BCUT2D eigenvalue weighted by Crippen LogP contribution is 2.29. The lowest BCUT2D eigenvalue weighted by molar-refractivity contribution is 0.0819. The smallest absolute Gasteiger partial charge is 0.274 e. The molecule has 1 amide bonds. The average Bonchev–Trinajstić information content (AvgIpc) is 3.17. The van der Waals surface area contributed by atoms with Gasteiger partial charge in [0.05, 0.1) is 6.54 Å². The Balaban J connectivity index is 1.84. The molecule has 0 saturated heterocycles. The molecule has 1 aliphatic carbocycles. The van der Waals surface area contributed by atoms with Crippen molar-refractivity contribution in [2.24, 2.45) is 5.92 Å². The number of carbonyl (C=O) groups is 1. The molecule has 2 aromatic heterocycles. The van der Waals surface area contributed by atoms with Gasteiger partial charge in [-0.1, -0.05) is 13.8 Å². The van der Waals surface area contributed by atoms with Gasteiger partial charge < -0.3 is 4.90 Å². The van der Waals surface area contributed by atoms with Crippen molar-refractivity contribution in [1.82, 2.24) is 24.6 Å². The fourth-order valence-electron chi connectivity index (χ4n) is 3.74. The molecule has 148 valence electrons. The second-order valence-electron chi connectivity index (χ2n) is 8.24. The number of nitrogens with zero attached hydrogens (tertiary/aromatic N) is 5. The van der Waals surface area contributed by atoms with Crippen LogP contribution in [0.25, 0.3) is 0 Å². The fraction of sp³-hybridized carbons (Fsp3) is 0.650. The number of aryl methyl sites for hydroxylation is 1. The molecule has 27 heavy (non-hydrogen) atoms. The average molecular weight is 390 g/mol. The molecule has 6 nitrogen and oxygen atoms in total. The van der Waals surface area contributed by atoms with Crippen molar-refractivity contribution in [2.75, 3.05) is 21.1 Å². The molecule has 1 aliphatic rings. The van der Waals surface area contributed by atoms with Gasteiger partial charge in [0.15, 0.2) is 5.69 Å². The van der Waals surface area contributed by atoms with E-state index in [1.165, 1.54) is 5.69 Å². The number of fused-ring (bicyclic) bond motifs is 1. The van der Waals surface area contributed by atoms with Gasteiger partial charge in [-0.05, 0) is 39.2 Å². The number of aromatic nitrogens is 3. The van der Waals surface area contributed by atoms with Crippen molar-refractivity contribution in [3.05, 3.63) is 33.0 Å². The van der Waals surface area contributed by atoms with Crippen LogP contribution in [0, 0.1) is 12.8 Å². The first kappa shape index (κ1) is 20.0. The van der Waals surface area contributed by atoms with Gasteiger partial charge >= 0.3 is 0 Å². The van der Waals surface area contributed by atoms with Gasteiger partial charge in [-0.2, -0.15) is 5.10 Å². The van der Waals surface area contributed by atoms with Gasteiger partial charge in [0.2, 0.25) is 0 Å². The van der Waals surface area contributed by atoms with Crippen LogP contribution in [0.1, 0.15) is 52.7 Å². The lowest BCUT2D eigenvalue weighted by Crippen LogP contribution is -2.37. The first-order valence-electron chi connectivity index (χ1n) is 9.67. The fourth-order valence-corrected chi connectivity index (χ4v) is 4.58. The lowest BCUT2D eigenvalue weighted by Gasteiger charge is -2.31. The van der Waals surface area contributed by atoms with E-state index in [0.717, 1.165) is 48.6 Å². The standard InChI is InChI=1S/C20H31N5OS/c1-13(2)10-25-17-8-7-15(24(6)11-18-21-14(3)12-27-18)9-16(17)19(22-25)20(26)23(4)5/h12-13,15H,7-11H2,1-6H3. The maximum atomic E-state index is 12.7. The monoisotopic (exact) mass is 389 g/mol. The summed E-state index contributed by atoms with van der Waals surface area (Å²) in [6.45, 7) is 8.14. The molecule has 7 heteroatoms. The molecule has 2 heterocycles. The number of carbonyl (C=O) groups excluding carboxylic acids is 1. The highest BCUT2D eigenvalue weighted by molar-refractivity contribution is 7.09. The second kappa shape index (κ2) is 8.10. The van der Waals surface area contributed by atoms with Gasteiger partial charge in [-0.25, -0.2) is 4.98 Å². The van der Waals surface area contributed by atoms with Crippen molar-refractivity contribution in [3.8, 4) is 0 Å². The van der Waals surface area contributed by atoms with E-state index in [0.29, 0.717) is 17.7 Å². The number of hydrogen-bond donors (Lipinski definition) is 0. The molecule has 0 N–H and O–H groups in total. The Kier molecular flexibility index (Phi) is 6.01. The third-order valence-electron chi connectivity index (χ3n) is 5.14. The van der Waals surface area contributed by atoms with Crippen LogP contribution in [0.3, 0.4) is 0 Å². The van der Waals surface area contributed by atoms with Crippen LogP contribution in [0.4, 0.5) is 0 Å². The van der Waals surface area contributed by atoms with Crippen molar-refractivity contribution >= 4 is 17.2 Å². The first-order chi connectivity index (χ1) is 12.8. The summed E-state index contributed by atoms with van der Waals surface area (Å²) in [5.41, 5.74) is 4.12. The molecule has 0 aromatic carbocycles. The number of thiazole rings is 1. The van der Waals surface area contributed by atoms with E-state index >= 15 is 0 Å². The Morgan fingerprint density at radius 3 is 2.70 bits per heavy atom. The van der Waals surface area contributed by atoms with E-state index in [9.17, 15) is 4.79 Å². The maximum Gasteiger partial charge on any atom is 0.274 e. The zero-order valence-electron chi connectivity index (χ0n) is 17.3. The van der Waals surface area contributed by atoms with Crippen LogP contribution in [-0.4, -0.2) is 57.7 Å². The normalized spacial score (nSPS) is 16.8. The predicted molar refractivity (Wildman–Crippen MR) is 109 cm³/mol. The molecular formula is C20H31N5OS. The van der Waals surface area contributed by atoms with Gasteiger partial charge in [-0.3, -0.25) is 14.4 Å². The van der Waals surface area contributed by atoms with Crippen LogP contribution in [-0.2, 0) is 25.9 Å². The summed E-state index contributed by atoms with van der Waals surface area (Å²) in [4.78, 5) is 21.3. The summed E-state index contributed by atoms with van der Waals surface area (Å²) >= 11 is 1.72. The summed E-state index contributed by atoms with van der Waals surface area (Å²) < 4.78 is 2.08. The van der Waals surface area contributed by atoms with Crippen LogP contribution >= 0.6 is 11.3 Å². The Morgan fingerprint density at radius 1 is 1.37 bits per heavy atom. The Hall–Kier alpha value is -1.73. The highest BCUT2D eigenvalue weighted by Gasteiger charge is 2.31. The van der Waals surface area contributed by atoms with Gasteiger partial charge in [0, 0.05) is 49.0 Å². The molecular weight excluding hydrogens is 358 g/mol. The summed E-state index contributed by atoms with van der Waals surface area (Å²) in [5.74, 6) is 0.512. The third-order valence-corrected chi connectivity index (χ3v) is 6.09. The molecule has 0 bridgehead atoms. The van der Waals surface area contributed by atoms with E-state index in [2.05, 4.69) is 40.8 Å². The largest absolute Gasteiger partial charge is 0.343 e. The summed E-state index contributed by atoms with van der Waals surface area (Å²) in [7, 11) is 5.76. The number of rotatable bonds is 6. The Labute approximate surface area is 166 Å². The van der Waals surface area contributed by atoms with Gasteiger partial charge in [0.1, 0.15) is 5.01 Å². The summed E-state index contributed by atoms with van der Waals surface area (Å²) in [6, 6.07) is 0.409. The molecule has 0 aliphatic heterocycles. The highest BCUT2D eigenvalue weighted by atomic mass is 32.1. The topological polar surface area (TPSA) is 54.3 Å². The lowest BCUT2D eigenvalue weighted by atomic mass is 9.90. The quantitative estimate of drug-likeness (QED) is 0.762. The molecule has 0 saturated carbocycles. The van der Waals surface area contributed by atoms with Gasteiger partial charge in [-0.15, -0.1) is 11.3 Å². The number of hydrogen-bond acceptors (Lipinski definition) is 5. The Morgan fingerprint density at radius 2 is 2.11 bits per heavy atom. The Bertz CT molecular complexity index is 807. The molecule has 0 radical (unpaired) electrons. The molecule has 0 spiro atoms.